The SMILES string of the molecule is C[C@H]1C[C@H](C)CN(C(=O)Cc2csc3nc(-c4ccccc4)cn23)C1. The number of aromatic nitrogens is 2. The van der Waals surface area contributed by atoms with Crippen LogP contribution < -0.4 is 0 Å². The fraction of sp³-hybridized carbons (Fsp3) is 0.400. The average molecular weight is 353 g/mol. The molecule has 1 saturated heterocycles. The molecule has 0 spiro atoms. The Labute approximate surface area is 152 Å². The minimum Gasteiger partial charge on any atom is -0.342 e. The van der Waals surface area contributed by atoms with E-state index in [1.165, 1.54) is 6.42 Å². The maximum atomic E-state index is 12.8. The average Bonchev–Trinajstić information content (AvgIpc) is 3.17. The number of likely N-dealkylation sites (tertiary alicyclic amines) is 1. The van der Waals surface area contributed by atoms with E-state index in [9.17, 15) is 4.79 Å². The molecule has 2 atom stereocenters. The number of carbonyl (C=O) groups excluding carboxylic acids is 1. The van der Waals surface area contributed by atoms with Crippen molar-refractivity contribution in [1.29, 1.82) is 0 Å². The van der Waals surface area contributed by atoms with Crippen LogP contribution >= 0.6 is 11.3 Å². The minimum absolute atomic E-state index is 0.230. The third-order valence-corrected chi connectivity index (χ3v) is 5.80. The second-order valence-corrected chi connectivity index (χ2v) is 8.13. The predicted molar refractivity (Wildman–Crippen MR) is 102 cm³/mol. The van der Waals surface area contributed by atoms with Crippen LogP contribution in [0.25, 0.3) is 16.2 Å². The molecule has 4 rings (SSSR count). The van der Waals surface area contributed by atoms with Crippen molar-refractivity contribution in [2.45, 2.75) is 26.7 Å². The highest BCUT2D eigenvalue weighted by Crippen LogP contribution is 2.25. The Morgan fingerprint density at radius 2 is 1.92 bits per heavy atom. The second kappa shape index (κ2) is 6.64. The van der Waals surface area contributed by atoms with Crippen LogP contribution in [0.3, 0.4) is 0 Å². The third-order valence-electron chi connectivity index (χ3n) is 4.91. The van der Waals surface area contributed by atoms with Crippen molar-refractivity contribution in [2.75, 3.05) is 13.1 Å². The summed E-state index contributed by atoms with van der Waals surface area (Å²) in [6.07, 6.45) is 3.71. The standard InChI is InChI=1S/C20H23N3OS/c1-14-8-15(2)11-22(10-14)19(24)9-17-13-25-20-21-18(12-23(17)20)16-6-4-3-5-7-16/h3-7,12-15H,8-11H2,1-2H3/t14-,15-/m0/s1. The zero-order valence-corrected chi connectivity index (χ0v) is 15.5. The van der Waals surface area contributed by atoms with Gasteiger partial charge in [0.1, 0.15) is 0 Å². The van der Waals surface area contributed by atoms with Gasteiger partial charge in [-0.1, -0.05) is 44.2 Å². The van der Waals surface area contributed by atoms with Crippen molar-refractivity contribution in [3.05, 3.63) is 47.6 Å². The van der Waals surface area contributed by atoms with Gasteiger partial charge in [-0.3, -0.25) is 9.20 Å². The van der Waals surface area contributed by atoms with Gasteiger partial charge in [0.15, 0.2) is 4.96 Å². The summed E-state index contributed by atoms with van der Waals surface area (Å²) in [6, 6.07) is 10.2. The number of hydrogen-bond acceptors (Lipinski definition) is 3. The molecule has 3 aromatic rings. The van der Waals surface area contributed by atoms with Gasteiger partial charge >= 0.3 is 0 Å². The van der Waals surface area contributed by atoms with Gasteiger partial charge in [0, 0.05) is 35.9 Å². The van der Waals surface area contributed by atoms with Gasteiger partial charge < -0.3 is 4.90 Å². The number of rotatable bonds is 3. The van der Waals surface area contributed by atoms with Crippen molar-refractivity contribution in [3.63, 3.8) is 0 Å². The van der Waals surface area contributed by atoms with E-state index in [1.54, 1.807) is 11.3 Å². The number of nitrogens with zero attached hydrogens (tertiary/aromatic N) is 3. The molecule has 2 aromatic heterocycles. The Morgan fingerprint density at radius 3 is 2.64 bits per heavy atom. The van der Waals surface area contributed by atoms with Crippen LogP contribution in [-0.2, 0) is 11.2 Å². The normalized spacial score (nSPS) is 21.0. The van der Waals surface area contributed by atoms with Gasteiger partial charge in [0.05, 0.1) is 12.1 Å². The largest absolute Gasteiger partial charge is 0.342 e. The summed E-state index contributed by atoms with van der Waals surface area (Å²) in [6.45, 7) is 6.24. The van der Waals surface area contributed by atoms with Gasteiger partial charge in [0.25, 0.3) is 0 Å². The van der Waals surface area contributed by atoms with Crippen molar-refractivity contribution >= 4 is 22.2 Å². The molecular formula is C20H23N3OS. The lowest BCUT2D eigenvalue weighted by Crippen LogP contribution is -2.43. The second-order valence-electron chi connectivity index (χ2n) is 7.29. The number of piperidine rings is 1. The quantitative estimate of drug-likeness (QED) is 0.711. The van der Waals surface area contributed by atoms with Crippen molar-refractivity contribution in [1.82, 2.24) is 14.3 Å². The molecule has 0 radical (unpaired) electrons. The van der Waals surface area contributed by atoms with E-state index >= 15 is 0 Å². The number of benzene rings is 1. The molecule has 1 aromatic carbocycles. The Hall–Kier alpha value is -2.14. The van der Waals surface area contributed by atoms with Crippen LogP contribution in [-0.4, -0.2) is 33.3 Å². The molecule has 1 fully saturated rings. The topological polar surface area (TPSA) is 37.6 Å². The maximum absolute atomic E-state index is 12.8. The van der Waals surface area contributed by atoms with E-state index in [0.29, 0.717) is 18.3 Å². The van der Waals surface area contributed by atoms with E-state index in [0.717, 1.165) is 35.0 Å². The Morgan fingerprint density at radius 1 is 1.20 bits per heavy atom. The van der Waals surface area contributed by atoms with E-state index in [1.807, 2.05) is 29.3 Å². The summed E-state index contributed by atoms with van der Waals surface area (Å²) in [7, 11) is 0. The zero-order chi connectivity index (χ0) is 17.4. The molecule has 0 saturated carbocycles. The lowest BCUT2D eigenvalue weighted by atomic mass is 9.91. The Bertz CT molecular complexity index is 873. The van der Waals surface area contributed by atoms with Crippen LogP contribution in [0.1, 0.15) is 26.0 Å². The van der Waals surface area contributed by atoms with Crippen LogP contribution in [0.2, 0.25) is 0 Å². The van der Waals surface area contributed by atoms with Crippen molar-refractivity contribution in [2.24, 2.45) is 11.8 Å². The first-order valence-electron chi connectivity index (χ1n) is 8.89. The first-order chi connectivity index (χ1) is 12.1. The smallest absolute Gasteiger partial charge is 0.228 e. The molecule has 0 N–H and O–H groups in total. The van der Waals surface area contributed by atoms with E-state index in [-0.39, 0.29) is 5.91 Å². The number of fused-ring (bicyclic) bond motifs is 1. The third kappa shape index (κ3) is 3.33. The molecule has 0 aliphatic carbocycles. The highest BCUT2D eigenvalue weighted by atomic mass is 32.1. The molecule has 130 valence electrons. The van der Waals surface area contributed by atoms with Crippen LogP contribution in [0, 0.1) is 11.8 Å². The monoisotopic (exact) mass is 353 g/mol. The Kier molecular flexibility index (Phi) is 4.34. The van der Waals surface area contributed by atoms with Crippen LogP contribution in [0.15, 0.2) is 41.9 Å². The molecule has 4 nitrogen and oxygen atoms in total. The van der Waals surface area contributed by atoms with Crippen LogP contribution in [0.5, 0.6) is 0 Å². The van der Waals surface area contributed by atoms with E-state index in [2.05, 4.69) is 35.8 Å². The van der Waals surface area contributed by atoms with E-state index < -0.39 is 0 Å². The van der Waals surface area contributed by atoms with Gasteiger partial charge in [-0.05, 0) is 18.3 Å². The highest BCUT2D eigenvalue weighted by molar-refractivity contribution is 7.15. The van der Waals surface area contributed by atoms with Crippen molar-refractivity contribution in [3.8, 4) is 11.3 Å². The molecule has 25 heavy (non-hydrogen) atoms. The summed E-state index contributed by atoms with van der Waals surface area (Å²) in [5, 5.41) is 2.06. The van der Waals surface area contributed by atoms with Gasteiger partial charge in [-0.25, -0.2) is 4.98 Å². The Balaban J connectivity index is 1.55. The summed E-state index contributed by atoms with van der Waals surface area (Å²) in [4.78, 5) is 20.5. The highest BCUT2D eigenvalue weighted by Gasteiger charge is 2.26. The maximum Gasteiger partial charge on any atom is 0.228 e. The first-order valence-corrected chi connectivity index (χ1v) is 9.77. The van der Waals surface area contributed by atoms with Gasteiger partial charge in [0.2, 0.25) is 5.91 Å². The summed E-state index contributed by atoms with van der Waals surface area (Å²) in [5.41, 5.74) is 3.10. The molecular weight excluding hydrogens is 330 g/mol. The van der Waals surface area contributed by atoms with Gasteiger partial charge in [-0.2, -0.15) is 0 Å². The van der Waals surface area contributed by atoms with Crippen LogP contribution in [0.4, 0.5) is 0 Å². The van der Waals surface area contributed by atoms with Gasteiger partial charge in [-0.15, -0.1) is 11.3 Å². The number of thiazole rings is 1. The molecule has 1 amide bonds. The molecule has 0 bridgehead atoms. The summed E-state index contributed by atoms with van der Waals surface area (Å²) >= 11 is 1.60. The van der Waals surface area contributed by atoms with E-state index in [4.69, 9.17) is 4.98 Å². The lowest BCUT2D eigenvalue weighted by molar-refractivity contribution is -0.133. The lowest BCUT2D eigenvalue weighted by Gasteiger charge is -2.35. The summed E-state index contributed by atoms with van der Waals surface area (Å²) < 4.78 is 2.07. The molecule has 1 aliphatic rings. The molecule has 3 heterocycles. The zero-order valence-electron chi connectivity index (χ0n) is 14.7. The minimum atomic E-state index is 0.230. The predicted octanol–water partition coefficient (Wildman–Crippen LogP) is 4.11. The summed E-state index contributed by atoms with van der Waals surface area (Å²) in [5.74, 6) is 1.41. The molecule has 5 heteroatoms. The number of carbonyl (C=O) groups is 1. The number of hydrogen-bond donors (Lipinski definition) is 0. The fourth-order valence-corrected chi connectivity index (χ4v) is 4.71. The molecule has 1 aliphatic heterocycles. The molecule has 0 unspecified atom stereocenters. The van der Waals surface area contributed by atoms with Crippen molar-refractivity contribution < 1.29 is 4.79 Å². The number of imidazole rings is 1. The number of amides is 1. The fourth-order valence-electron chi connectivity index (χ4n) is 3.84. The first kappa shape index (κ1) is 16.3.